The minimum atomic E-state index is 0.226. The molecule has 0 aromatic heterocycles. The van der Waals surface area contributed by atoms with Gasteiger partial charge in [-0.3, -0.25) is 0 Å². The maximum atomic E-state index is 9.72. The molecule has 0 aliphatic heterocycles. The first-order valence-electron chi connectivity index (χ1n) is 3.13. The van der Waals surface area contributed by atoms with E-state index in [1.807, 2.05) is 6.08 Å². The van der Waals surface area contributed by atoms with Crippen LogP contribution in [0.2, 0.25) is 0 Å². The first-order valence-corrected chi connectivity index (χ1v) is 3.13. The summed E-state index contributed by atoms with van der Waals surface area (Å²) in [7, 11) is 0. The lowest BCUT2D eigenvalue weighted by atomic mass is 10.5. The van der Waals surface area contributed by atoms with Crippen molar-refractivity contribution in [3.63, 3.8) is 0 Å². The predicted octanol–water partition coefficient (Wildman–Crippen LogP) is 0.922. The second-order valence-electron chi connectivity index (χ2n) is 2.07. The fourth-order valence-corrected chi connectivity index (χ4v) is 0.569. The zero-order valence-corrected chi connectivity index (χ0v) is 5.30. The van der Waals surface area contributed by atoms with Gasteiger partial charge in [-0.1, -0.05) is 11.6 Å². The Balaban J connectivity index is 1.92. The summed E-state index contributed by atoms with van der Waals surface area (Å²) in [6, 6.07) is 0. The molecule has 0 bridgehead atoms. The van der Waals surface area contributed by atoms with Crippen LogP contribution in [-0.2, 0) is 9.53 Å². The lowest BCUT2D eigenvalue weighted by Gasteiger charge is -1.89. The Morgan fingerprint density at radius 3 is 2.78 bits per heavy atom. The molecule has 0 amide bonds. The van der Waals surface area contributed by atoms with Gasteiger partial charge in [0.05, 0.1) is 6.61 Å². The van der Waals surface area contributed by atoms with Crippen LogP contribution in [0.4, 0.5) is 0 Å². The highest BCUT2D eigenvalue weighted by molar-refractivity contribution is 5.50. The SMILES string of the molecule is O=CCOCC=C1CC1. The zero-order chi connectivity index (χ0) is 6.53. The van der Waals surface area contributed by atoms with E-state index in [-0.39, 0.29) is 6.61 Å². The van der Waals surface area contributed by atoms with Crippen molar-refractivity contribution in [1.29, 1.82) is 0 Å². The molecule has 0 heterocycles. The van der Waals surface area contributed by atoms with E-state index in [0.29, 0.717) is 6.61 Å². The molecular formula is C7H10O2. The third-order valence-electron chi connectivity index (χ3n) is 1.21. The van der Waals surface area contributed by atoms with E-state index in [9.17, 15) is 4.79 Å². The van der Waals surface area contributed by atoms with Crippen LogP contribution in [0.1, 0.15) is 12.8 Å². The summed E-state index contributed by atoms with van der Waals surface area (Å²) in [4.78, 5) is 9.72. The summed E-state index contributed by atoms with van der Waals surface area (Å²) >= 11 is 0. The first-order chi connectivity index (χ1) is 4.43. The predicted molar refractivity (Wildman–Crippen MR) is 34.2 cm³/mol. The van der Waals surface area contributed by atoms with Crippen LogP contribution in [0.25, 0.3) is 0 Å². The monoisotopic (exact) mass is 126 g/mol. The average Bonchev–Trinajstić information content (AvgIpc) is 2.63. The molecule has 2 nitrogen and oxygen atoms in total. The molecule has 0 spiro atoms. The maximum Gasteiger partial charge on any atom is 0.145 e. The zero-order valence-electron chi connectivity index (χ0n) is 5.30. The number of rotatable bonds is 4. The van der Waals surface area contributed by atoms with E-state index >= 15 is 0 Å². The maximum absolute atomic E-state index is 9.72. The van der Waals surface area contributed by atoms with Crippen molar-refractivity contribution in [1.82, 2.24) is 0 Å². The van der Waals surface area contributed by atoms with Gasteiger partial charge >= 0.3 is 0 Å². The summed E-state index contributed by atoms with van der Waals surface area (Å²) in [5.41, 5.74) is 1.46. The summed E-state index contributed by atoms with van der Waals surface area (Å²) in [6.45, 7) is 0.831. The van der Waals surface area contributed by atoms with Crippen molar-refractivity contribution < 1.29 is 9.53 Å². The highest BCUT2D eigenvalue weighted by Crippen LogP contribution is 2.26. The van der Waals surface area contributed by atoms with Gasteiger partial charge in [-0.2, -0.15) is 0 Å². The second-order valence-corrected chi connectivity index (χ2v) is 2.07. The lowest BCUT2D eigenvalue weighted by molar-refractivity contribution is -0.111. The van der Waals surface area contributed by atoms with Crippen molar-refractivity contribution in [3.05, 3.63) is 11.6 Å². The molecule has 1 saturated carbocycles. The molecule has 0 N–H and O–H groups in total. The molecule has 1 aliphatic rings. The Morgan fingerprint density at radius 2 is 2.22 bits per heavy atom. The Hall–Kier alpha value is -0.630. The molecule has 0 unspecified atom stereocenters. The number of carbonyl (C=O) groups excluding carboxylic acids is 1. The molecule has 1 rings (SSSR count). The molecule has 0 atom stereocenters. The minimum absolute atomic E-state index is 0.226. The van der Waals surface area contributed by atoms with Gasteiger partial charge in [0.15, 0.2) is 0 Å². The van der Waals surface area contributed by atoms with Gasteiger partial charge in [-0.25, -0.2) is 0 Å². The highest BCUT2D eigenvalue weighted by atomic mass is 16.5. The van der Waals surface area contributed by atoms with Crippen LogP contribution in [0.3, 0.4) is 0 Å². The fourth-order valence-electron chi connectivity index (χ4n) is 0.569. The van der Waals surface area contributed by atoms with Crippen LogP contribution in [0.5, 0.6) is 0 Å². The van der Waals surface area contributed by atoms with E-state index in [2.05, 4.69) is 0 Å². The normalized spacial score (nSPS) is 15.3. The topological polar surface area (TPSA) is 26.3 Å². The van der Waals surface area contributed by atoms with Crippen LogP contribution in [0, 0.1) is 0 Å². The van der Waals surface area contributed by atoms with Gasteiger partial charge < -0.3 is 9.53 Å². The number of allylic oxidation sites excluding steroid dienone is 1. The molecule has 50 valence electrons. The van der Waals surface area contributed by atoms with Crippen LogP contribution < -0.4 is 0 Å². The van der Waals surface area contributed by atoms with Gasteiger partial charge in [0.2, 0.25) is 0 Å². The van der Waals surface area contributed by atoms with Crippen molar-refractivity contribution in [2.75, 3.05) is 13.2 Å². The van der Waals surface area contributed by atoms with Gasteiger partial charge in [-0.15, -0.1) is 0 Å². The Bertz CT molecular complexity index is 121. The number of aldehydes is 1. The molecule has 0 aromatic carbocycles. The van der Waals surface area contributed by atoms with Crippen molar-refractivity contribution in [2.24, 2.45) is 0 Å². The minimum Gasteiger partial charge on any atom is -0.370 e. The van der Waals surface area contributed by atoms with Crippen molar-refractivity contribution in [3.8, 4) is 0 Å². The van der Waals surface area contributed by atoms with Gasteiger partial charge in [0.25, 0.3) is 0 Å². The Morgan fingerprint density at radius 1 is 1.44 bits per heavy atom. The van der Waals surface area contributed by atoms with E-state index in [0.717, 1.165) is 6.29 Å². The van der Waals surface area contributed by atoms with Gasteiger partial charge in [0.1, 0.15) is 12.9 Å². The standard InChI is InChI=1S/C7H10O2/c8-4-6-9-5-3-7-1-2-7/h3-4H,1-2,5-6H2. The summed E-state index contributed by atoms with van der Waals surface area (Å²) in [6.07, 6.45) is 5.27. The smallest absolute Gasteiger partial charge is 0.145 e. The second kappa shape index (κ2) is 3.41. The van der Waals surface area contributed by atoms with Gasteiger partial charge in [-0.05, 0) is 12.8 Å². The molecule has 0 radical (unpaired) electrons. The third kappa shape index (κ3) is 3.03. The number of carbonyl (C=O) groups is 1. The van der Waals surface area contributed by atoms with Crippen LogP contribution in [0.15, 0.2) is 11.6 Å². The van der Waals surface area contributed by atoms with E-state index < -0.39 is 0 Å². The number of ether oxygens (including phenoxy) is 1. The molecule has 1 aliphatic carbocycles. The average molecular weight is 126 g/mol. The summed E-state index contributed by atoms with van der Waals surface area (Å²) in [5.74, 6) is 0. The highest BCUT2D eigenvalue weighted by Gasteiger charge is 2.08. The molecule has 9 heavy (non-hydrogen) atoms. The van der Waals surface area contributed by atoms with Crippen molar-refractivity contribution >= 4 is 6.29 Å². The van der Waals surface area contributed by atoms with E-state index in [1.54, 1.807) is 0 Å². The fraction of sp³-hybridized carbons (Fsp3) is 0.571. The van der Waals surface area contributed by atoms with Crippen LogP contribution >= 0.6 is 0 Å². The summed E-state index contributed by atoms with van der Waals surface area (Å²) < 4.78 is 4.89. The number of hydrogen-bond acceptors (Lipinski definition) is 2. The molecular weight excluding hydrogens is 116 g/mol. The van der Waals surface area contributed by atoms with E-state index in [1.165, 1.54) is 18.4 Å². The van der Waals surface area contributed by atoms with Gasteiger partial charge in [0, 0.05) is 0 Å². The number of hydrogen-bond donors (Lipinski definition) is 0. The Kier molecular flexibility index (Phi) is 2.46. The molecule has 1 fully saturated rings. The lowest BCUT2D eigenvalue weighted by Crippen LogP contribution is -1.93. The van der Waals surface area contributed by atoms with Crippen molar-refractivity contribution in [2.45, 2.75) is 12.8 Å². The largest absolute Gasteiger partial charge is 0.370 e. The Labute approximate surface area is 54.5 Å². The first kappa shape index (κ1) is 6.49. The molecule has 2 heteroatoms. The molecule has 0 aromatic rings. The molecule has 0 saturated heterocycles. The van der Waals surface area contributed by atoms with E-state index in [4.69, 9.17) is 4.74 Å². The third-order valence-corrected chi connectivity index (χ3v) is 1.21. The summed E-state index contributed by atoms with van der Waals surface area (Å²) in [5, 5.41) is 0. The quantitative estimate of drug-likeness (QED) is 0.318. The van der Waals surface area contributed by atoms with Crippen LogP contribution in [-0.4, -0.2) is 19.5 Å².